The number of esters is 1. The fourth-order valence-corrected chi connectivity index (χ4v) is 5.87. The smallest absolute Gasteiger partial charge is 0.412 e. The highest BCUT2D eigenvalue weighted by atomic mass is 32.2. The van der Waals surface area contributed by atoms with E-state index in [2.05, 4.69) is 26.1 Å². The molecule has 0 radical (unpaired) electrons. The number of phenols is 1. The molecule has 1 heterocycles. The Bertz CT molecular complexity index is 1280. The molecule has 218 valence electrons. The van der Waals surface area contributed by atoms with Gasteiger partial charge in [0.2, 0.25) is 0 Å². The van der Waals surface area contributed by atoms with E-state index in [1.807, 2.05) is 65.8 Å². The number of aryl methyl sites for hydroxylation is 2. The van der Waals surface area contributed by atoms with Crippen LogP contribution in [0.15, 0.2) is 52.0 Å². The Balaban J connectivity index is 1.90. The van der Waals surface area contributed by atoms with E-state index in [4.69, 9.17) is 9.47 Å². The molecule has 3 rings (SSSR count). The molecule has 3 N–H and O–H groups in total. The normalized spacial score (nSPS) is 18.1. The molecule has 0 aromatic heterocycles. The molecule has 0 bridgehead atoms. The molecule has 0 unspecified atom stereocenters. The SMILES string of the molecule is Cc1cc(SC2=C(O)C[C@@](CCc3ccc(O)cc3)(C(C)C)OC2=O)c(C(C)(C)C)cc1NC(=O)OC(C)(C)C. The van der Waals surface area contributed by atoms with Crippen LogP contribution in [0.3, 0.4) is 0 Å². The summed E-state index contributed by atoms with van der Waals surface area (Å²) in [5, 5.41) is 23.6. The highest BCUT2D eigenvalue weighted by Gasteiger charge is 2.44. The number of amides is 1. The lowest BCUT2D eigenvalue weighted by Gasteiger charge is -2.40. The van der Waals surface area contributed by atoms with Crippen molar-refractivity contribution in [3.05, 3.63) is 63.8 Å². The summed E-state index contributed by atoms with van der Waals surface area (Å²) >= 11 is 1.20. The zero-order valence-electron chi connectivity index (χ0n) is 25.1. The second-order valence-corrected chi connectivity index (χ2v) is 13.9. The van der Waals surface area contributed by atoms with Crippen molar-refractivity contribution >= 4 is 29.5 Å². The summed E-state index contributed by atoms with van der Waals surface area (Å²) in [5.74, 6) is -0.337. The van der Waals surface area contributed by atoms with Crippen molar-refractivity contribution in [2.24, 2.45) is 5.92 Å². The number of ether oxygens (including phenoxy) is 2. The molecule has 1 amide bonds. The van der Waals surface area contributed by atoms with E-state index in [1.54, 1.807) is 12.1 Å². The lowest BCUT2D eigenvalue weighted by atomic mass is 9.80. The predicted molar refractivity (Wildman–Crippen MR) is 160 cm³/mol. The Morgan fingerprint density at radius 1 is 1.10 bits per heavy atom. The number of carbonyl (C=O) groups is 2. The number of nitrogens with one attached hydrogen (secondary N) is 1. The van der Waals surface area contributed by atoms with Crippen LogP contribution in [0.5, 0.6) is 5.75 Å². The number of thioether (sulfide) groups is 1. The quantitative estimate of drug-likeness (QED) is 0.289. The number of aromatic hydroxyl groups is 1. The van der Waals surface area contributed by atoms with Gasteiger partial charge >= 0.3 is 12.1 Å². The first-order valence-corrected chi connectivity index (χ1v) is 14.5. The topological polar surface area (TPSA) is 105 Å². The Morgan fingerprint density at radius 3 is 2.25 bits per heavy atom. The molecule has 8 heteroatoms. The summed E-state index contributed by atoms with van der Waals surface area (Å²) in [6.45, 7) is 17.5. The van der Waals surface area contributed by atoms with Gasteiger partial charge < -0.3 is 19.7 Å². The zero-order chi connectivity index (χ0) is 30.0. The fourth-order valence-electron chi connectivity index (χ4n) is 4.63. The van der Waals surface area contributed by atoms with Crippen molar-refractivity contribution in [1.82, 2.24) is 0 Å². The molecule has 0 spiro atoms. The van der Waals surface area contributed by atoms with Crippen LogP contribution >= 0.6 is 11.8 Å². The molecule has 0 fully saturated rings. The Hall–Kier alpha value is -3.13. The maximum absolute atomic E-state index is 13.4. The maximum Gasteiger partial charge on any atom is 0.412 e. The number of benzene rings is 2. The molecular formula is C32H43NO6S. The summed E-state index contributed by atoms with van der Waals surface area (Å²) in [5.41, 5.74) is 1.57. The van der Waals surface area contributed by atoms with Gasteiger partial charge in [0.15, 0.2) is 0 Å². The maximum atomic E-state index is 13.4. The third kappa shape index (κ3) is 7.74. The van der Waals surface area contributed by atoms with Crippen LogP contribution in [0, 0.1) is 12.8 Å². The number of cyclic esters (lactones) is 1. The van der Waals surface area contributed by atoms with Crippen LogP contribution < -0.4 is 5.32 Å². The molecular weight excluding hydrogens is 526 g/mol. The first kappa shape index (κ1) is 31.4. The van der Waals surface area contributed by atoms with Crippen LogP contribution in [0.1, 0.15) is 84.9 Å². The number of aliphatic hydroxyl groups excluding tert-OH is 1. The first-order chi connectivity index (χ1) is 18.4. The van der Waals surface area contributed by atoms with Crippen molar-refractivity contribution in [2.45, 2.75) is 103 Å². The van der Waals surface area contributed by atoms with E-state index < -0.39 is 23.3 Å². The number of phenolic OH excluding ortho intramolecular Hbond substituents is 1. The van der Waals surface area contributed by atoms with Gasteiger partial charge in [0.1, 0.15) is 27.6 Å². The number of aliphatic hydroxyl groups is 1. The van der Waals surface area contributed by atoms with Gasteiger partial charge in [-0.2, -0.15) is 0 Å². The molecule has 1 atom stereocenters. The lowest BCUT2D eigenvalue weighted by Crippen LogP contribution is -2.44. The van der Waals surface area contributed by atoms with Crippen molar-refractivity contribution in [3.63, 3.8) is 0 Å². The molecule has 40 heavy (non-hydrogen) atoms. The second-order valence-electron chi connectivity index (χ2n) is 12.9. The van der Waals surface area contributed by atoms with Crippen molar-refractivity contribution in [2.75, 3.05) is 5.32 Å². The van der Waals surface area contributed by atoms with Crippen LogP contribution in [0.2, 0.25) is 0 Å². The van der Waals surface area contributed by atoms with Gasteiger partial charge in [0.25, 0.3) is 0 Å². The second kappa shape index (κ2) is 11.8. The van der Waals surface area contributed by atoms with Crippen molar-refractivity contribution in [3.8, 4) is 5.75 Å². The van der Waals surface area contributed by atoms with E-state index in [0.29, 0.717) is 18.5 Å². The van der Waals surface area contributed by atoms with Gasteiger partial charge in [-0.3, -0.25) is 5.32 Å². The monoisotopic (exact) mass is 569 g/mol. The highest BCUT2D eigenvalue weighted by Crippen LogP contribution is 2.46. The third-order valence-corrected chi connectivity index (χ3v) is 8.18. The number of carbonyl (C=O) groups excluding carboxylic acids is 2. The van der Waals surface area contributed by atoms with E-state index in [-0.39, 0.29) is 34.2 Å². The van der Waals surface area contributed by atoms with E-state index in [1.165, 1.54) is 11.8 Å². The van der Waals surface area contributed by atoms with Crippen LogP contribution in [0.4, 0.5) is 10.5 Å². The summed E-state index contributed by atoms with van der Waals surface area (Å²) < 4.78 is 11.5. The van der Waals surface area contributed by atoms with Gasteiger partial charge in [0.05, 0.1) is 0 Å². The molecule has 0 aliphatic carbocycles. The molecule has 2 aromatic carbocycles. The minimum Gasteiger partial charge on any atom is -0.511 e. The average molecular weight is 570 g/mol. The summed E-state index contributed by atoms with van der Waals surface area (Å²) in [4.78, 5) is 26.8. The van der Waals surface area contributed by atoms with Crippen LogP contribution in [-0.2, 0) is 26.1 Å². The van der Waals surface area contributed by atoms with E-state index >= 15 is 0 Å². The Labute approximate surface area is 242 Å². The van der Waals surface area contributed by atoms with E-state index in [9.17, 15) is 19.8 Å². The number of anilines is 1. The number of rotatable bonds is 7. The molecule has 0 saturated heterocycles. The van der Waals surface area contributed by atoms with Crippen LogP contribution in [0.25, 0.3) is 0 Å². The Morgan fingerprint density at radius 2 is 1.73 bits per heavy atom. The summed E-state index contributed by atoms with van der Waals surface area (Å²) in [6, 6.07) is 10.8. The Kier molecular flexibility index (Phi) is 9.24. The van der Waals surface area contributed by atoms with Gasteiger partial charge in [-0.05, 0) is 92.8 Å². The number of hydrogen-bond donors (Lipinski definition) is 3. The lowest BCUT2D eigenvalue weighted by molar-refractivity contribution is -0.164. The number of hydrogen-bond acceptors (Lipinski definition) is 7. The van der Waals surface area contributed by atoms with Crippen molar-refractivity contribution in [1.29, 1.82) is 0 Å². The third-order valence-electron chi connectivity index (χ3n) is 7.02. The molecule has 1 aliphatic rings. The van der Waals surface area contributed by atoms with Gasteiger partial charge in [-0.25, -0.2) is 9.59 Å². The standard InChI is InChI=1S/C32H43NO6S/c1-19(2)32(15-14-21-10-12-22(34)13-11-21)18-25(35)27(28(36)38-32)40-26-16-20(3)24(17-23(26)30(4,5)6)33-29(37)39-31(7,8)9/h10-13,16-17,19,34-35H,14-15,18H2,1-9H3,(H,33,37)/t32-/m0/s1. The van der Waals surface area contributed by atoms with Gasteiger partial charge in [0, 0.05) is 17.0 Å². The average Bonchev–Trinajstić information content (AvgIpc) is 2.80. The van der Waals surface area contributed by atoms with Crippen molar-refractivity contribution < 1.29 is 29.3 Å². The van der Waals surface area contributed by atoms with Crippen LogP contribution in [-0.4, -0.2) is 33.5 Å². The summed E-state index contributed by atoms with van der Waals surface area (Å²) in [6.07, 6.45) is 0.866. The fraction of sp³-hybridized carbons (Fsp3) is 0.500. The molecule has 2 aromatic rings. The minimum absolute atomic E-state index is 0.0205. The van der Waals surface area contributed by atoms with Gasteiger partial charge in [-0.15, -0.1) is 0 Å². The van der Waals surface area contributed by atoms with E-state index in [0.717, 1.165) is 21.6 Å². The largest absolute Gasteiger partial charge is 0.511 e. The minimum atomic E-state index is -0.840. The molecule has 7 nitrogen and oxygen atoms in total. The highest BCUT2D eigenvalue weighted by molar-refractivity contribution is 8.04. The first-order valence-electron chi connectivity index (χ1n) is 13.7. The molecule has 0 saturated carbocycles. The zero-order valence-corrected chi connectivity index (χ0v) is 25.9. The molecule has 1 aliphatic heterocycles. The summed E-state index contributed by atoms with van der Waals surface area (Å²) in [7, 11) is 0. The van der Waals surface area contributed by atoms with Gasteiger partial charge in [-0.1, -0.05) is 58.5 Å². The predicted octanol–water partition coefficient (Wildman–Crippen LogP) is 8.18.